The van der Waals surface area contributed by atoms with E-state index in [1.165, 1.54) is 6.42 Å². The summed E-state index contributed by atoms with van der Waals surface area (Å²) in [6.45, 7) is 9.25. The van der Waals surface area contributed by atoms with E-state index in [1.54, 1.807) is 5.92 Å². The van der Waals surface area contributed by atoms with E-state index in [9.17, 15) is 0 Å². The number of hydrogen-bond donors (Lipinski definition) is 0. The zero-order valence-corrected chi connectivity index (χ0v) is 6.94. The molecular formula is C9H17. The van der Waals surface area contributed by atoms with Gasteiger partial charge in [-0.05, 0) is 30.1 Å². The summed E-state index contributed by atoms with van der Waals surface area (Å²) < 4.78 is 0. The lowest BCUT2D eigenvalue weighted by atomic mass is 10.0. The van der Waals surface area contributed by atoms with Gasteiger partial charge in [-0.2, -0.15) is 0 Å². The van der Waals surface area contributed by atoms with Crippen molar-refractivity contribution in [2.24, 2.45) is 17.8 Å². The highest BCUT2D eigenvalue weighted by Gasteiger charge is 2.41. The third kappa shape index (κ3) is 1.47. The summed E-state index contributed by atoms with van der Waals surface area (Å²) in [5, 5.41) is 0. The normalized spacial score (nSPS) is 28.0. The molecule has 0 amide bonds. The summed E-state index contributed by atoms with van der Waals surface area (Å²) in [5.41, 5.74) is 0. The Bertz CT molecular complexity index is 80.2. The van der Waals surface area contributed by atoms with Crippen LogP contribution >= 0.6 is 0 Å². The Morgan fingerprint density at radius 3 is 1.89 bits per heavy atom. The van der Waals surface area contributed by atoms with Crippen LogP contribution in [0, 0.1) is 23.7 Å². The monoisotopic (exact) mass is 125 g/mol. The SMILES string of the molecule is CC(C)[C]1CC1C(C)C. The molecule has 0 aromatic carbocycles. The average Bonchev–Trinajstić information content (AvgIpc) is 2.39. The van der Waals surface area contributed by atoms with Crippen LogP contribution in [0.1, 0.15) is 34.1 Å². The summed E-state index contributed by atoms with van der Waals surface area (Å²) in [6, 6.07) is 0. The summed E-state index contributed by atoms with van der Waals surface area (Å²) in [7, 11) is 0. The van der Waals surface area contributed by atoms with Gasteiger partial charge >= 0.3 is 0 Å². The van der Waals surface area contributed by atoms with Crippen molar-refractivity contribution in [3.8, 4) is 0 Å². The molecule has 1 rings (SSSR count). The maximum atomic E-state index is 2.32. The van der Waals surface area contributed by atoms with Crippen molar-refractivity contribution < 1.29 is 0 Å². The summed E-state index contributed by atoms with van der Waals surface area (Å²) in [6.07, 6.45) is 1.41. The van der Waals surface area contributed by atoms with Crippen molar-refractivity contribution >= 4 is 0 Å². The lowest BCUT2D eigenvalue weighted by Gasteiger charge is -2.04. The molecule has 1 radical (unpaired) electrons. The molecule has 0 nitrogen and oxygen atoms in total. The molecule has 1 aliphatic carbocycles. The van der Waals surface area contributed by atoms with Crippen molar-refractivity contribution in [3.05, 3.63) is 5.92 Å². The molecule has 1 fully saturated rings. The van der Waals surface area contributed by atoms with E-state index in [0.717, 1.165) is 17.8 Å². The molecule has 1 unspecified atom stereocenters. The molecule has 0 aromatic rings. The van der Waals surface area contributed by atoms with E-state index < -0.39 is 0 Å². The smallest absolute Gasteiger partial charge is 0.0179 e. The van der Waals surface area contributed by atoms with E-state index in [-0.39, 0.29) is 0 Å². The molecule has 53 valence electrons. The quantitative estimate of drug-likeness (QED) is 0.532. The number of rotatable bonds is 2. The summed E-state index contributed by atoms with van der Waals surface area (Å²) in [4.78, 5) is 0. The third-order valence-corrected chi connectivity index (χ3v) is 2.32. The van der Waals surface area contributed by atoms with E-state index in [4.69, 9.17) is 0 Å². The van der Waals surface area contributed by atoms with E-state index >= 15 is 0 Å². The van der Waals surface area contributed by atoms with Crippen molar-refractivity contribution in [2.45, 2.75) is 34.1 Å². The maximum absolute atomic E-state index is 2.32. The molecule has 1 atom stereocenters. The van der Waals surface area contributed by atoms with E-state index in [2.05, 4.69) is 27.7 Å². The van der Waals surface area contributed by atoms with E-state index in [1.807, 2.05) is 0 Å². The molecule has 0 N–H and O–H groups in total. The first-order valence-electron chi connectivity index (χ1n) is 3.98. The van der Waals surface area contributed by atoms with Gasteiger partial charge in [-0.25, -0.2) is 0 Å². The van der Waals surface area contributed by atoms with Gasteiger partial charge in [0, 0.05) is 0 Å². The Morgan fingerprint density at radius 1 is 1.22 bits per heavy atom. The van der Waals surface area contributed by atoms with Crippen molar-refractivity contribution in [1.82, 2.24) is 0 Å². The third-order valence-electron chi connectivity index (χ3n) is 2.32. The fraction of sp³-hybridized carbons (Fsp3) is 0.889. The van der Waals surface area contributed by atoms with Crippen LogP contribution in [0.5, 0.6) is 0 Å². The van der Waals surface area contributed by atoms with Crippen molar-refractivity contribution in [1.29, 1.82) is 0 Å². The van der Waals surface area contributed by atoms with Gasteiger partial charge < -0.3 is 0 Å². The Morgan fingerprint density at radius 2 is 1.78 bits per heavy atom. The first kappa shape index (κ1) is 7.11. The molecule has 1 aliphatic rings. The van der Waals surface area contributed by atoms with Crippen LogP contribution in [-0.4, -0.2) is 0 Å². The highest BCUT2D eigenvalue weighted by atomic mass is 14.5. The van der Waals surface area contributed by atoms with Gasteiger partial charge in [0.05, 0.1) is 0 Å². The minimum absolute atomic E-state index is 0.845. The maximum Gasteiger partial charge on any atom is -0.0179 e. The second-order valence-corrected chi connectivity index (χ2v) is 3.78. The second kappa shape index (κ2) is 2.32. The highest BCUT2D eigenvalue weighted by Crippen LogP contribution is 2.50. The second-order valence-electron chi connectivity index (χ2n) is 3.78. The topological polar surface area (TPSA) is 0 Å². The van der Waals surface area contributed by atoms with Gasteiger partial charge in [0.15, 0.2) is 0 Å². The zero-order valence-electron chi connectivity index (χ0n) is 6.94. The Labute approximate surface area is 58.7 Å². The van der Waals surface area contributed by atoms with Crippen LogP contribution in [-0.2, 0) is 0 Å². The molecule has 1 saturated carbocycles. The fourth-order valence-corrected chi connectivity index (χ4v) is 1.52. The minimum atomic E-state index is 0.845. The first-order valence-corrected chi connectivity index (χ1v) is 3.98. The largest absolute Gasteiger partial charge is 0.0625 e. The minimum Gasteiger partial charge on any atom is -0.0625 e. The van der Waals surface area contributed by atoms with Gasteiger partial charge in [-0.15, -0.1) is 0 Å². The lowest BCUT2D eigenvalue weighted by molar-refractivity contribution is 0.544. The standard InChI is InChI=1S/C9H17/c1-6(2)8-5-9(8)7(3)4/h6-8H,5H2,1-4H3. The molecular weight excluding hydrogens is 108 g/mol. The van der Waals surface area contributed by atoms with E-state index in [0.29, 0.717) is 0 Å². The van der Waals surface area contributed by atoms with Crippen molar-refractivity contribution in [3.63, 3.8) is 0 Å². The molecule has 0 saturated heterocycles. The van der Waals surface area contributed by atoms with Gasteiger partial charge in [0.2, 0.25) is 0 Å². The van der Waals surface area contributed by atoms with Gasteiger partial charge in [0.1, 0.15) is 0 Å². The molecule has 9 heavy (non-hydrogen) atoms. The molecule has 0 spiro atoms. The molecule has 0 aliphatic heterocycles. The van der Waals surface area contributed by atoms with Crippen LogP contribution < -0.4 is 0 Å². The zero-order chi connectivity index (χ0) is 7.02. The van der Waals surface area contributed by atoms with Crippen LogP contribution in [0.2, 0.25) is 0 Å². The Balaban J connectivity index is 2.24. The lowest BCUT2D eigenvalue weighted by Crippen LogP contribution is -1.96. The summed E-state index contributed by atoms with van der Waals surface area (Å²) >= 11 is 0. The molecule has 0 heteroatoms. The molecule has 0 heterocycles. The fourth-order valence-electron chi connectivity index (χ4n) is 1.52. The summed E-state index contributed by atoms with van der Waals surface area (Å²) in [5.74, 6) is 4.51. The Kier molecular flexibility index (Phi) is 1.83. The average molecular weight is 125 g/mol. The van der Waals surface area contributed by atoms with Crippen LogP contribution in [0.25, 0.3) is 0 Å². The molecule has 0 bridgehead atoms. The van der Waals surface area contributed by atoms with Crippen LogP contribution in [0.3, 0.4) is 0 Å². The number of hydrogen-bond acceptors (Lipinski definition) is 0. The van der Waals surface area contributed by atoms with Gasteiger partial charge in [-0.1, -0.05) is 27.7 Å². The highest BCUT2D eigenvalue weighted by molar-refractivity contribution is 5.16. The molecule has 0 aromatic heterocycles. The predicted octanol–water partition coefficient (Wildman–Crippen LogP) is 2.89. The van der Waals surface area contributed by atoms with Crippen LogP contribution in [0.4, 0.5) is 0 Å². The van der Waals surface area contributed by atoms with Crippen molar-refractivity contribution in [2.75, 3.05) is 0 Å². The van der Waals surface area contributed by atoms with Crippen LogP contribution in [0.15, 0.2) is 0 Å². The Hall–Kier alpha value is 0. The first-order chi connectivity index (χ1) is 4.13. The van der Waals surface area contributed by atoms with Gasteiger partial charge in [-0.3, -0.25) is 0 Å². The van der Waals surface area contributed by atoms with Gasteiger partial charge in [0.25, 0.3) is 0 Å². The predicted molar refractivity (Wildman–Crippen MR) is 41.0 cm³/mol.